The standard InChI is InChI=1S/C51H86O15/c1-3-5-7-9-11-13-15-17-19-21-23-25-27-29-31-33-42(53)61-36-39(64-43(54)34-32-30-28-26-24-22-20-18-16-14-12-10-8-6-4-2)37-62-50-49(60)47(58)45(56)41(66-50)38-63-51-48(59)46(57)44(55)40(35-52)65-51/h17,19,23-26,29-32,39-41,44-52,55-60H,3-16,18,20-22,27-28,33-38H2,1-2H3/t39-,40-,41-,44+,45+,46?,47?,48?,49?,50-,51+/m1/s1. The average molecular weight is 939 g/mol. The van der Waals surface area contributed by atoms with Crippen LogP contribution in [0, 0.1) is 0 Å². The van der Waals surface area contributed by atoms with Crippen molar-refractivity contribution < 1.29 is 73.8 Å². The second-order valence-corrected chi connectivity index (χ2v) is 17.3. The van der Waals surface area contributed by atoms with Gasteiger partial charge in [0.05, 0.1) is 32.7 Å². The zero-order valence-corrected chi connectivity index (χ0v) is 39.9. The molecule has 7 N–H and O–H groups in total. The van der Waals surface area contributed by atoms with Crippen LogP contribution < -0.4 is 0 Å². The molecule has 2 fully saturated rings. The number of aliphatic hydroxyl groups is 7. The van der Waals surface area contributed by atoms with E-state index in [1.165, 1.54) is 89.9 Å². The molecule has 0 spiro atoms. The molecule has 0 aromatic rings. The van der Waals surface area contributed by atoms with Gasteiger partial charge in [-0.25, -0.2) is 0 Å². The first-order valence-electron chi connectivity index (χ1n) is 24.9. The van der Waals surface area contributed by atoms with Gasteiger partial charge in [-0.2, -0.15) is 0 Å². The Morgan fingerprint density at radius 2 is 0.909 bits per heavy atom. The summed E-state index contributed by atoms with van der Waals surface area (Å²) >= 11 is 0. The number of hydrogen-bond donors (Lipinski definition) is 7. The van der Waals surface area contributed by atoms with E-state index in [9.17, 15) is 45.3 Å². The Balaban J connectivity index is 1.89. The van der Waals surface area contributed by atoms with Crippen molar-refractivity contribution in [2.75, 3.05) is 26.4 Å². The van der Waals surface area contributed by atoms with Gasteiger partial charge in [-0.15, -0.1) is 0 Å². The molecule has 2 heterocycles. The van der Waals surface area contributed by atoms with Gasteiger partial charge in [0.15, 0.2) is 18.7 Å². The van der Waals surface area contributed by atoms with Crippen LogP contribution in [0.3, 0.4) is 0 Å². The Kier molecular flexibility index (Phi) is 34.2. The van der Waals surface area contributed by atoms with Crippen molar-refractivity contribution in [3.63, 3.8) is 0 Å². The Hall–Kier alpha value is -2.80. The molecular formula is C51H86O15. The molecule has 2 rings (SSSR count). The molecular weight excluding hydrogens is 853 g/mol. The lowest BCUT2D eigenvalue weighted by Gasteiger charge is -2.42. The first-order valence-corrected chi connectivity index (χ1v) is 24.9. The quantitative estimate of drug-likeness (QED) is 0.0201. The smallest absolute Gasteiger partial charge is 0.310 e. The molecule has 0 bridgehead atoms. The summed E-state index contributed by atoms with van der Waals surface area (Å²) in [6.07, 6.45) is 26.0. The van der Waals surface area contributed by atoms with Gasteiger partial charge in [0.2, 0.25) is 0 Å². The van der Waals surface area contributed by atoms with E-state index in [0.29, 0.717) is 12.8 Å². The van der Waals surface area contributed by atoms with E-state index in [-0.39, 0.29) is 19.4 Å². The molecule has 0 saturated carbocycles. The summed E-state index contributed by atoms with van der Waals surface area (Å²) in [4.78, 5) is 25.6. The Morgan fingerprint density at radius 3 is 1.42 bits per heavy atom. The molecule has 4 unspecified atom stereocenters. The third-order valence-corrected chi connectivity index (χ3v) is 11.5. The fraction of sp³-hybridized carbons (Fsp3) is 0.765. The first kappa shape index (κ1) is 59.3. The average Bonchev–Trinajstić information content (AvgIpc) is 3.31. The van der Waals surface area contributed by atoms with Gasteiger partial charge >= 0.3 is 11.9 Å². The predicted molar refractivity (Wildman–Crippen MR) is 252 cm³/mol. The molecule has 2 aliphatic heterocycles. The van der Waals surface area contributed by atoms with Crippen LogP contribution in [0.5, 0.6) is 0 Å². The highest BCUT2D eigenvalue weighted by Gasteiger charge is 2.47. The topological polar surface area (TPSA) is 231 Å². The second kappa shape index (κ2) is 38.1. The summed E-state index contributed by atoms with van der Waals surface area (Å²) in [5, 5.41) is 71.9. The zero-order valence-electron chi connectivity index (χ0n) is 39.9. The summed E-state index contributed by atoms with van der Waals surface area (Å²) in [5.74, 6) is -1.19. The fourth-order valence-electron chi connectivity index (χ4n) is 7.41. The van der Waals surface area contributed by atoms with E-state index in [1.54, 1.807) is 12.2 Å². The zero-order chi connectivity index (χ0) is 48.2. The molecule has 2 saturated heterocycles. The Morgan fingerprint density at radius 1 is 0.485 bits per heavy atom. The van der Waals surface area contributed by atoms with Crippen molar-refractivity contribution in [3.8, 4) is 0 Å². The lowest BCUT2D eigenvalue weighted by Crippen LogP contribution is -2.61. The van der Waals surface area contributed by atoms with Gasteiger partial charge in [0.25, 0.3) is 0 Å². The van der Waals surface area contributed by atoms with Crippen molar-refractivity contribution in [2.24, 2.45) is 0 Å². The number of esters is 2. The third-order valence-electron chi connectivity index (χ3n) is 11.5. The lowest BCUT2D eigenvalue weighted by atomic mass is 9.98. The summed E-state index contributed by atoms with van der Waals surface area (Å²) < 4.78 is 33.3. The minimum Gasteiger partial charge on any atom is -0.461 e. The van der Waals surface area contributed by atoms with Crippen molar-refractivity contribution in [1.82, 2.24) is 0 Å². The van der Waals surface area contributed by atoms with Crippen LogP contribution in [-0.4, -0.2) is 142 Å². The molecule has 0 aromatic heterocycles. The minimum atomic E-state index is -1.79. The van der Waals surface area contributed by atoms with Crippen molar-refractivity contribution in [3.05, 3.63) is 60.8 Å². The molecule has 15 heteroatoms. The van der Waals surface area contributed by atoms with Gasteiger partial charge in [-0.3, -0.25) is 9.59 Å². The summed E-state index contributed by atoms with van der Waals surface area (Å²) in [7, 11) is 0. The normalized spacial score (nSPS) is 26.7. The summed E-state index contributed by atoms with van der Waals surface area (Å²) in [6.45, 7) is 2.39. The molecule has 15 nitrogen and oxygen atoms in total. The monoisotopic (exact) mass is 939 g/mol. The summed E-state index contributed by atoms with van der Waals surface area (Å²) in [5.41, 5.74) is 0. The van der Waals surface area contributed by atoms with Gasteiger partial charge in [-0.1, -0.05) is 158 Å². The number of unbranched alkanes of at least 4 members (excludes halogenated alkanes) is 15. The molecule has 0 radical (unpaired) electrons. The number of aliphatic hydroxyl groups excluding tert-OH is 7. The van der Waals surface area contributed by atoms with Crippen LogP contribution in [0.2, 0.25) is 0 Å². The van der Waals surface area contributed by atoms with Gasteiger partial charge in [-0.05, 0) is 44.9 Å². The SMILES string of the molecule is CCCCCCCCC=CCC=CCC=CCC(=O)OC[C@H](CO[C@@H]1O[C@H](CO[C@H]2O[C@H](CO)[C@H](O)C(O)C2O)[C@H](O)C(O)C1O)OC(=O)CC=CCC=CCCCCCCCCCCC. The number of carbonyl (C=O) groups excluding carboxylic acids is 2. The molecule has 11 atom stereocenters. The highest BCUT2D eigenvalue weighted by atomic mass is 16.7. The summed E-state index contributed by atoms with van der Waals surface area (Å²) in [6, 6.07) is 0. The van der Waals surface area contributed by atoms with Crippen LogP contribution in [0.25, 0.3) is 0 Å². The maximum Gasteiger partial charge on any atom is 0.310 e. The second-order valence-electron chi connectivity index (χ2n) is 17.3. The van der Waals surface area contributed by atoms with E-state index in [0.717, 1.165) is 25.7 Å². The van der Waals surface area contributed by atoms with Crippen LogP contribution in [0.4, 0.5) is 0 Å². The number of ether oxygens (including phenoxy) is 6. The predicted octanol–water partition coefficient (Wildman–Crippen LogP) is 6.49. The largest absolute Gasteiger partial charge is 0.461 e. The van der Waals surface area contributed by atoms with E-state index < -0.39 is 99.3 Å². The Labute approximate surface area is 394 Å². The molecule has 2 aliphatic rings. The molecule has 0 amide bonds. The van der Waals surface area contributed by atoms with Crippen LogP contribution in [0.1, 0.15) is 155 Å². The highest BCUT2D eigenvalue weighted by molar-refractivity contribution is 5.72. The number of hydrogen-bond acceptors (Lipinski definition) is 15. The minimum absolute atomic E-state index is 0.0203. The molecule has 0 aromatic carbocycles. The van der Waals surface area contributed by atoms with E-state index in [2.05, 4.69) is 44.2 Å². The molecule has 66 heavy (non-hydrogen) atoms. The third kappa shape index (κ3) is 26.1. The van der Waals surface area contributed by atoms with E-state index in [1.807, 2.05) is 18.2 Å². The molecule has 380 valence electrons. The first-order chi connectivity index (χ1) is 32.0. The number of carbonyl (C=O) groups is 2. The molecule has 0 aliphatic carbocycles. The highest BCUT2D eigenvalue weighted by Crippen LogP contribution is 2.26. The number of allylic oxidation sites excluding steroid dienone is 8. The van der Waals surface area contributed by atoms with Crippen LogP contribution in [-0.2, 0) is 38.0 Å². The van der Waals surface area contributed by atoms with Crippen LogP contribution >= 0.6 is 0 Å². The van der Waals surface area contributed by atoms with E-state index >= 15 is 0 Å². The van der Waals surface area contributed by atoms with Gasteiger partial charge in [0, 0.05) is 0 Å². The van der Waals surface area contributed by atoms with Crippen molar-refractivity contribution in [1.29, 1.82) is 0 Å². The van der Waals surface area contributed by atoms with E-state index in [4.69, 9.17) is 28.4 Å². The van der Waals surface area contributed by atoms with Gasteiger partial charge in [0.1, 0.15) is 55.4 Å². The number of rotatable bonds is 37. The maximum absolute atomic E-state index is 12.9. The van der Waals surface area contributed by atoms with Gasteiger partial charge < -0.3 is 64.2 Å². The van der Waals surface area contributed by atoms with Crippen LogP contribution in [0.15, 0.2) is 60.8 Å². The fourth-order valence-corrected chi connectivity index (χ4v) is 7.41. The maximum atomic E-state index is 12.9. The Bertz CT molecular complexity index is 1380. The lowest BCUT2D eigenvalue weighted by molar-refractivity contribution is -0.332. The van der Waals surface area contributed by atoms with Crippen molar-refractivity contribution >= 4 is 11.9 Å². The van der Waals surface area contributed by atoms with Crippen molar-refractivity contribution in [2.45, 2.75) is 223 Å².